The summed E-state index contributed by atoms with van der Waals surface area (Å²) < 4.78 is 21.9. The smallest absolute Gasteiger partial charge is 0.288 e. The van der Waals surface area contributed by atoms with Crippen molar-refractivity contribution in [1.29, 1.82) is 0 Å². The number of fused-ring (bicyclic) bond motifs is 6. The summed E-state index contributed by atoms with van der Waals surface area (Å²) >= 11 is 0. The van der Waals surface area contributed by atoms with E-state index in [2.05, 4.69) is 19.6 Å². The van der Waals surface area contributed by atoms with Gasteiger partial charge in [-0.05, 0) is 69.8 Å². The van der Waals surface area contributed by atoms with Crippen molar-refractivity contribution in [1.82, 2.24) is 4.90 Å². The Bertz CT molecular complexity index is 1220. The number of benzene rings is 3. The van der Waals surface area contributed by atoms with E-state index in [0.29, 0.717) is 18.0 Å². The second-order valence-electron chi connectivity index (χ2n) is 7.95. The summed E-state index contributed by atoms with van der Waals surface area (Å²) in [6.07, 6.45) is 1.57. The Hall–Kier alpha value is -3.41. The first kappa shape index (κ1) is 21.8. The van der Waals surface area contributed by atoms with Gasteiger partial charge in [-0.25, -0.2) is 0 Å². The lowest BCUT2D eigenvalue weighted by molar-refractivity contribution is -0.133. The maximum absolute atomic E-state index is 13.0. The molecule has 0 radical (unpaired) electrons. The minimum atomic E-state index is -0.168. The maximum Gasteiger partial charge on any atom is 0.288 e. The number of methoxy groups -OCH3 is 4. The number of rotatable bonds is 6. The second-order valence-corrected chi connectivity index (χ2v) is 7.95. The average Bonchev–Trinajstić information content (AvgIpc) is 2.85. The van der Waals surface area contributed by atoms with Gasteiger partial charge in [0.25, 0.3) is 5.91 Å². The highest BCUT2D eigenvalue weighted by Gasteiger charge is 2.33. The number of carbonyl (C=O) groups excluding carboxylic acids is 1. The molecule has 3 aromatic rings. The Labute approximate surface area is 188 Å². The molecule has 168 valence electrons. The fourth-order valence-electron chi connectivity index (χ4n) is 4.72. The highest BCUT2D eigenvalue weighted by Crippen LogP contribution is 2.43. The first-order chi connectivity index (χ1) is 15.5. The van der Waals surface area contributed by atoms with Crippen LogP contribution in [0.2, 0.25) is 0 Å². The van der Waals surface area contributed by atoms with E-state index in [1.165, 1.54) is 12.7 Å². The van der Waals surface area contributed by atoms with E-state index in [4.69, 9.17) is 18.9 Å². The van der Waals surface area contributed by atoms with Gasteiger partial charge in [0.15, 0.2) is 17.3 Å². The van der Waals surface area contributed by atoms with Crippen LogP contribution in [0.15, 0.2) is 42.7 Å². The summed E-state index contributed by atoms with van der Waals surface area (Å²) in [5.74, 6) is 2.13. The van der Waals surface area contributed by atoms with Gasteiger partial charge in [0.1, 0.15) is 5.75 Å². The monoisotopic (exact) mass is 435 g/mol. The second kappa shape index (κ2) is 8.61. The highest BCUT2D eigenvalue weighted by molar-refractivity contribution is 6.12. The molecule has 4 rings (SSSR count). The zero-order chi connectivity index (χ0) is 23.0. The van der Waals surface area contributed by atoms with E-state index in [-0.39, 0.29) is 17.7 Å². The maximum atomic E-state index is 13.0. The molecular formula is C26H29NO5. The van der Waals surface area contributed by atoms with E-state index in [9.17, 15) is 4.79 Å². The minimum absolute atomic E-state index is 0.0499. The lowest BCUT2D eigenvalue weighted by atomic mass is 9.84. The van der Waals surface area contributed by atoms with Crippen molar-refractivity contribution in [3.05, 3.63) is 53.8 Å². The third-order valence-electron chi connectivity index (χ3n) is 6.48. The van der Waals surface area contributed by atoms with Crippen LogP contribution in [0.1, 0.15) is 24.5 Å². The van der Waals surface area contributed by atoms with E-state index >= 15 is 0 Å². The Kier molecular flexibility index (Phi) is 5.87. The first-order valence-corrected chi connectivity index (χ1v) is 10.7. The molecule has 1 atom stereocenters. The fourth-order valence-corrected chi connectivity index (χ4v) is 4.72. The van der Waals surface area contributed by atoms with Crippen molar-refractivity contribution >= 4 is 27.5 Å². The molecule has 1 aliphatic rings. The summed E-state index contributed by atoms with van der Waals surface area (Å²) in [7, 11) is 6.43. The molecule has 0 saturated heterocycles. The van der Waals surface area contributed by atoms with Gasteiger partial charge in [-0.15, -0.1) is 0 Å². The summed E-state index contributed by atoms with van der Waals surface area (Å²) in [5.41, 5.74) is 2.36. The largest absolute Gasteiger partial charge is 0.497 e. The van der Waals surface area contributed by atoms with Gasteiger partial charge in [0, 0.05) is 12.6 Å². The lowest BCUT2D eigenvalue weighted by Crippen LogP contribution is -2.44. The van der Waals surface area contributed by atoms with E-state index < -0.39 is 0 Å². The quantitative estimate of drug-likeness (QED) is 0.315. The Balaban J connectivity index is 2.04. The lowest BCUT2D eigenvalue weighted by Gasteiger charge is -2.38. The molecule has 3 aromatic carbocycles. The molecule has 0 saturated carbocycles. The number of hydrogen-bond donors (Lipinski definition) is 0. The van der Waals surface area contributed by atoms with Crippen molar-refractivity contribution in [2.75, 3.05) is 28.4 Å². The van der Waals surface area contributed by atoms with Crippen LogP contribution in [0, 0.1) is 0 Å². The molecule has 1 aliphatic heterocycles. The number of ether oxygens (including phenoxy) is 4. The first-order valence-electron chi connectivity index (χ1n) is 10.7. The van der Waals surface area contributed by atoms with E-state index in [1.807, 2.05) is 29.2 Å². The SMILES string of the molecule is C=C(OC)C(=O)N1Cc2c(c3cc(OC)c(OC)cc3c3cc(OC)ccc23)CC1CC. The predicted octanol–water partition coefficient (Wildman–Crippen LogP) is 4.84. The van der Waals surface area contributed by atoms with Gasteiger partial charge >= 0.3 is 0 Å². The van der Waals surface area contributed by atoms with Crippen LogP contribution in [-0.4, -0.2) is 45.3 Å². The van der Waals surface area contributed by atoms with Crippen molar-refractivity contribution in [3.8, 4) is 17.2 Å². The van der Waals surface area contributed by atoms with E-state index in [1.54, 1.807) is 21.3 Å². The Morgan fingerprint density at radius 1 is 0.938 bits per heavy atom. The van der Waals surface area contributed by atoms with Crippen molar-refractivity contribution in [3.63, 3.8) is 0 Å². The molecular weight excluding hydrogens is 406 g/mol. The number of amides is 1. The van der Waals surface area contributed by atoms with Crippen LogP contribution in [-0.2, 0) is 22.5 Å². The molecule has 0 aromatic heterocycles. The zero-order valence-electron chi connectivity index (χ0n) is 19.3. The van der Waals surface area contributed by atoms with E-state index in [0.717, 1.165) is 45.7 Å². The highest BCUT2D eigenvalue weighted by atomic mass is 16.5. The Morgan fingerprint density at radius 2 is 1.59 bits per heavy atom. The van der Waals surface area contributed by atoms with Crippen LogP contribution in [0.4, 0.5) is 0 Å². The van der Waals surface area contributed by atoms with Gasteiger partial charge in [0.05, 0.1) is 28.4 Å². The molecule has 0 fully saturated rings. The topological polar surface area (TPSA) is 57.2 Å². The van der Waals surface area contributed by atoms with Gasteiger partial charge in [-0.3, -0.25) is 4.79 Å². The molecule has 0 bridgehead atoms. The van der Waals surface area contributed by atoms with Gasteiger partial charge < -0.3 is 23.8 Å². The third kappa shape index (κ3) is 3.40. The molecule has 6 nitrogen and oxygen atoms in total. The summed E-state index contributed by atoms with van der Waals surface area (Å²) in [6, 6.07) is 10.2. The van der Waals surface area contributed by atoms with Gasteiger partial charge in [0.2, 0.25) is 0 Å². The predicted molar refractivity (Wildman–Crippen MR) is 126 cm³/mol. The van der Waals surface area contributed by atoms with Crippen LogP contribution in [0.3, 0.4) is 0 Å². The average molecular weight is 436 g/mol. The van der Waals surface area contributed by atoms with Gasteiger partial charge in [-0.1, -0.05) is 19.6 Å². The number of hydrogen-bond acceptors (Lipinski definition) is 5. The summed E-state index contributed by atoms with van der Waals surface area (Å²) in [6.45, 7) is 6.38. The number of carbonyl (C=O) groups is 1. The minimum Gasteiger partial charge on any atom is -0.497 e. The normalized spacial score (nSPS) is 15.4. The molecule has 32 heavy (non-hydrogen) atoms. The van der Waals surface area contributed by atoms with Gasteiger partial charge in [-0.2, -0.15) is 0 Å². The Morgan fingerprint density at radius 3 is 2.19 bits per heavy atom. The molecule has 0 aliphatic carbocycles. The molecule has 0 spiro atoms. The number of nitrogens with zero attached hydrogens (tertiary/aromatic N) is 1. The van der Waals surface area contributed by atoms with Crippen LogP contribution in [0.25, 0.3) is 21.5 Å². The zero-order valence-corrected chi connectivity index (χ0v) is 19.3. The summed E-state index contributed by atoms with van der Waals surface area (Å²) in [4.78, 5) is 14.9. The molecule has 1 heterocycles. The van der Waals surface area contributed by atoms with Crippen molar-refractivity contribution in [2.24, 2.45) is 0 Å². The van der Waals surface area contributed by atoms with Crippen LogP contribution < -0.4 is 14.2 Å². The van der Waals surface area contributed by atoms with Crippen molar-refractivity contribution in [2.45, 2.75) is 32.4 Å². The van der Waals surface area contributed by atoms with Crippen LogP contribution >= 0.6 is 0 Å². The fraction of sp³-hybridized carbons (Fsp3) is 0.346. The molecule has 0 N–H and O–H groups in total. The van der Waals surface area contributed by atoms with Crippen molar-refractivity contribution < 1.29 is 23.7 Å². The van der Waals surface area contributed by atoms with Crippen LogP contribution in [0.5, 0.6) is 17.2 Å². The molecule has 6 heteroatoms. The standard InChI is InChI=1S/C26H29NO5/c1-7-16-10-19-21-12-24(31-5)25(32-6)13-22(21)20-11-17(30-4)8-9-18(20)23(19)14-27(16)26(28)15(2)29-3/h8-9,11-13,16H,2,7,10,14H2,1,3-6H3. The molecule has 1 amide bonds. The third-order valence-corrected chi connectivity index (χ3v) is 6.48. The summed E-state index contributed by atoms with van der Waals surface area (Å²) in [5, 5.41) is 4.32. The molecule has 1 unspecified atom stereocenters.